The first-order valence-electron chi connectivity index (χ1n) is 7.99. The Hall–Kier alpha value is -1.40. The van der Waals surface area contributed by atoms with Crippen molar-refractivity contribution in [2.75, 3.05) is 25.4 Å². The van der Waals surface area contributed by atoms with E-state index in [0.717, 1.165) is 22.3 Å². The molecule has 0 N–H and O–H groups in total. The lowest BCUT2D eigenvalue weighted by molar-refractivity contribution is 0.230. The van der Waals surface area contributed by atoms with Gasteiger partial charge in [-0.25, -0.2) is 0 Å². The van der Waals surface area contributed by atoms with Crippen LogP contribution in [0.5, 0.6) is 0 Å². The molecule has 1 saturated heterocycles. The predicted octanol–water partition coefficient (Wildman–Crippen LogP) is 2.85. The fraction of sp³-hybridized carbons (Fsp3) is 0.562. The molecule has 2 aromatic heterocycles. The average Bonchev–Trinajstić information content (AvgIpc) is 2.94. The highest BCUT2D eigenvalue weighted by Gasteiger charge is 2.12. The van der Waals surface area contributed by atoms with E-state index in [-0.39, 0.29) is 0 Å². The summed E-state index contributed by atoms with van der Waals surface area (Å²) in [5, 5.41) is 9.59. The van der Waals surface area contributed by atoms with Gasteiger partial charge < -0.3 is 9.47 Å². The molecule has 6 heteroatoms. The number of rotatable bonds is 6. The first-order chi connectivity index (χ1) is 10.8. The first kappa shape index (κ1) is 15.5. The molecular weight excluding hydrogens is 294 g/mol. The average molecular weight is 317 g/mol. The summed E-state index contributed by atoms with van der Waals surface area (Å²) in [6.07, 6.45) is 8.95. The van der Waals surface area contributed by atoms with Gasteiger partial charge in [-0.1, -0.05) is 18.2 Å². The van der Waals surface area contributed by atoms with E-state index in [1.54, 1.807) is 18.0 Å². The third kappa shape index (κ3) is 3.87. The van der Waals surface area contributed by atoms with E-state index in [9.17, 15) is 0 Å². The lowest BCUT2D eigenvalue weighted by Crippen LogP contribution is -2.30. The molecule has 118 valence electrons. The van der Waals surface area contributed by atoms with Gasteiger partial charge in [0, 0.05) is 30.8 Å². The zero-order valence-electron chi connectivity index (χ0n) is 13.1. The van der Waals surface area contributed by atoms with Crippen LogP contribution in [0.3, 0.4) is 0 Å². The van der Waals surface area contributed by atoms with Crippen LogP contribution in [0.15, 0.2) is 29.7 Å². The minimum Gasteiger partial charge on any atom is -0.305 e. The Balaban J connectivity index is 1.50. The molecule has 0 saturated carbocycles. The van der Waals surface area contributed by atoms with Gasteiger partial charge in [-0.05, 0) is 51.0 Å². The van der Waals surface area contributed by atoms with Gasteiger partial charge in [-0.2, -0.15) is 0 Å². The van der Waals surface area contributed by atoms with Crippen LogP contribution in [0.25, 0.3) is 11.4 Å². The fourth-order valence-corrected chi connectivity index (χ4v) is 3.66. The Morgan fingerprint density at radius 2 is 2.05 bits per heavy atom. The number of hydrogen-bond acceptors (Lipinski definition) is 5. The van der Waals surface area contributed by atoms with Crippen LogP contribution in [0, 0.1) is 0 Å². The molecule has 3 rings (SSSR count). The summed E-state index contributed by atoms with van der Waals surface area (Å²) in [6.45, 7) is 3.76. The summed E-state index contributed by atoms with van der Waals surface area (Å²) in [4.78, 5) is 6.73. The van der Waals surface area contributed by atoms with Crippen LogP contribution in [0.2, 0.25) is 0 Å². The third-order valence-corrected chi connectivity index (χ3v) is 5.16. The lowest BCUT2D eigenvalue weighted by atomic mass is 10.1. The first-order valence-corrected chi connectivity index (χ1v) is 8.98. The summed E-state index contributed by atoms with van der Waals surface area (Å²) in [7, 11) is 2.02. The molecule has 0 atom stereocenters. The largest absolute Gasteiger partial charge is 0.305 e. The Morgan fingerprint density at radius 1 is 1.18 bits per heavy atom. The SMILES string of the molecule is Cn1c(SCCCN2CCCCC2)nnc1-c1cccnc1. The number of likely N-dealkylation sites (tertiary alicyclic amines) is 1. The van der Waals surface area contributed by atoms with Crippen molar-refractivity contribution in [3.05, 3.63) is 24.5 Å². The molecule has 3 heterocycles. The zero-order chi connectivity index (χ0) is 15.2. The van der Waals surface area contributed by atoms with Crippen molar-refractivity contribution < 1.29 is 0 Å². The van der Waals surface area contributed by atoms with Crippen LogP contribution in [0.1, 0.15) is 25.7 Å². The Bertz CT molecular complexity index is 577. The second kappa shape index (κ2) is 7.74. The molecule has 0 amide bonds. The predicted molar refractivity (Wildman–Crippen MR) is 89.9 cm³/mol. The van der Waals surface area contributed by atoms with Gasteiger partial charge in [0.25, 0.3) is 0 Å². The smallest absolute Gasteiger partial charge is 0.191 e. The number of thioether (sulfide) groups is 1. The molecule has 0 radical (unpaired) electrons. The zero-order valence-corrected chi connectivity index (χ0v) is 13.9. The van der Waals surface area contributed by atoms with Gasteiger partial charge in [-0.15, -0.1) is 10.2 Å². The van der Waals surface area contributed by atoms with Crippen molar-refractivity contribution in [3.8, 4) is 11.4 Å². The van der Waals surface area contributed by atoms with Crippen molar-refractivity contribution in [3.63, 3.8) is 0 Å². The lowest BCUT2D eigenvalue weighted by Gasteiger charge is -2.26. The highest BCUT2D eigenvalue weighted by molar-refractivity contribution is 7.99. The standard InChI is InChI=1S/C16H23N5S/c1-20-15(14-7-5-8-17-13-14)18-19-16(20)22-12-6-11-21-9-3-2-4-10-21/h5,7-8,13H,2-4,6,9-12H2,1H3. The van der Waals surface area contributed by atoms with Gasteiger partial charge in [0.2, 0.25) is 0 Å². The molecule has 0 aliphatic carbocycles. The number of hydrogen-bond donors (Lipinski definition) is 0. The minimum absolute atomic E-state index is 0.881. The normalized spacial score (nSPS) is 16.0. The van der Waals surface area contributed by atoms with E-state index in [1.165, 1.54) is 45.3 Å². The molecular formula is C16H23N5S. The van der Waals surface area contributed by atoms with Crippen molar-refractivity contribution in [1.82, 2.24) is 24.6 Å². The van der Waals surface area contributed by atoms with Gasteiger partial charge in [-0.3, -0.25) is 4.98 Å². The van der Waals surface area contributed by atoms with E-state index in [1.807, 2.05) is 25.4 Å². The quantitative estimate of drug-likeness (QED) is 0.605. The number of piperidine rings is 1. The van der Waals surface area contributed by atoms with E-state index in [2.05, 4.69) is 24.6 Å². The molecule has 0 aromatic carbocycles. The minimum atomic E-state index is 0.881. The molecule has 2 aromatic rings. The molecule has 0 spiro atoms. The monoisotopic (exact) mass is 317 g/mol. The topological polar surface area (TPSA) is 46.8 Å². The summed E-state index contributed by atoms with van der Waals surface area (Å²) in [5.41, 5.74) is 1.01. The molecule has 22 heavy (non-hydrogen) atoms. The highest BCUT2D eigenvalue weighted by atomic mass is 32.2. The molecule has 1 fully saturated rings. The maximum Gasteiger partial charge on any atom is 0.191 e. The maximum atomic E-state index is 4.31. The van der Waals surface area contributed by atoms with E-state index < -0.39 is 0 Å². The van der Waals surface area contributed by atoms with Gasteiger partial charge in [0.05, 0.1) is 0 Å². The van der Waals surface area contributed by atoms with Crippen molar-refractivity contribution in [1.29, 1.82) is 0 Å². The fourth-order valence-electron chi connectivity index (χ4n) is 2.82. The maximum absolute atomic E-state index is 4.31. The number of pyridine rings is 1. The Morgan fingerprint density at radius 3 is 2.82 bits per heavy atom. The molecule has 1 aliphatic heterocycles. The summed E-state index contributed by atoms with van der Waals surface area (Å²) in [6, 6.07) is 3.94. The second-order valence-electron chi connectivity index (χ2n) is 5.71. The van der Waals surface area contributed by atoms with Gasteiger partial charge in [0.1, 0.15) is 0 Å². The summed E-state index contributed by atoms with van der Waals surface area (Å²) >= 11 is 1.79. The van der Waals surface area contributed by atoms with E-state index in [4.69, 9.17) is 0 Å². The van der Waals surface area contributed by atoms with Gasteiger partial charge >= 0.3 is 0 Å². The molecule has 0 bridgehead atoms. The Kier molecular flexibility index (Phi) is 5.45. The van der Waals surface area contributed by atoms with Crippen LogP contribution in [-0.4, -0.2) is 50.0 Å². The molecule has 5 nitrogen and oxygen atoms in total. The Labute approximate surface area is 136 Å². The number of nitrogens with zero attached hydrogens (tertiary/aromatic N) is 5. The summed E-state index contributed by atoms with van der Waals surface area (Å²) in [5.74, 6) is 1.97. The third-order valence-electron chi connectivity index (χ3n) is 4.05. The molecule has 0 unspecified atom stereocenters. The van der Waals surface area contributed by atoms with Crippen molar-refractivity contribution in [2.45, 2.75) is 30.8 Å². The van der Waals surface area contributed by atoms with Crippen LogP contribution in [-0.2, 0) is 7.05 Å². The van der Waals surface area contributed by atoms with Crippen LogP contribution < -0.4 is 0 Å². The van der Waals surface area contributed by atoms with Crippen LogP contribution >= 0.6 is 11.8 Å². The summed E-state index contributed by atoms with van der Waals surface area (Å²) < 4.78 is 2.06. The highest BCUT2D eigenvalue weighted by Crippen LogP contribution is 2.22. The van der Waals surface area contributed by atoms with Gasteiger partial charge in [0.15, 0.2) is 11.0 Å². The van der Waals surface area contributed by atoms with E-state index >= 15 is 0 Å². The van der Waals surface area contributed by atoms with E-state index in [0.29, 0.717) is 0 Å². The molecule has 1 aliphatic rings. The number of aromatic nitrogens is 4. The second-order valence-corrected chi connectivity index (χ2v) is 6.77. The van der Waals surface area contributed by atoms with Crippen molar-refractivity contribution >= 4 is 11.8 Å². The van der Waals surface area contributed by atoms with Crippen LogP contribution in [0.4, 0.5) is 0 Å². The van der Waals surface area contributed by atoms with Crippen molar-refractivity contribution in [2.24, 2.45) is 7.05 Å².